The number of hydrogen-bond acceptors (Lipinski definition) is 3. The summed E-state index contributed by atoms with van der Waals surface area (Å²) in [6.07, 6.45) is 0.897. The molecule has 0 aliphatic rings. The second-order valence-corrected chi connectivity index (χ2v) is 5.03. The highest BCUT2D eigenvalue weighted by Gasteiger charge is 2.18. The predicted molar refractivity (Wildman–Crippen MR) is 69.9 cm³/mol. The number of rotatable bonds is 6. The zero-order chi connectivity index (χ0) is 13.6. The molecule has 0 radical (unpaired) electrons. The quantitative estimate of drug-likeness (QED) is 0.843. The first-order valence-corrected chi connectivity index (χ1v) is 5.91. The zero-order valence-corrected chi connectivity index (χ0v) is 11.1. The molecule has 1 aromatic rings. The first-order valence-electron chi connectivity index (χ1n) is 5.91. The number of nitriles is 1. The van der Waals surface area contributed by atoms with E-state index in [1.165, 1.54) is 6.07 Å². The van der Waals surface area contributed by atoms with Crippen molar-refractivity contribution in [3.05, 3.63) is 29.6 Å². The third kappa shape index (κ3) is 4.01. The molecule has 0 bridgehead atoms. The molecular weight excluding hydrogens is 231 g/mol. The van der Waals surface area contributed by atoms with Gasteiger partial charge in [0.2, 0.25) is 0 Å². The molecule has 0 aromatic heterocycles. The van der Waals surface area contributed by atoms with Crippen LogP contribution in [0, 0.1) is 22.6 Å². The molecule has 4 heteroatoms. The lowest BCUT2D eigenvalue weighted by molar-refractivity contribution is 0.157. The monoisotopic (exact) mass is 250 g/mol. The molecule has 1 rings (SSSR count). The third-order valence-electron chi connectivity index (χ3n) is 2.87. The van der Waals surface area contributed by atoms with Gasteiger partial charge in [-0.3, -0.25) is 0 Å². The number of anilines is 1. The zero-order valence-electron chi connectivity index (χ0n) is 11.1. The van der Waals surface area contributed by atoms with Crippen molar-refractivity contribution < 1.29 is 9.13 Å². The van der Waals surface area contributed by atoms with E-state index in [4.69, 9.17) is 10.00 Å². The normalized spacial score (nSPS) is 11.1. The summed E-state index contributed by atoms with van der Waals surface area (Å²) in [5.74, 6) is -0.489. The summed E-state index contributed by atoms with van der Waals surface area (Å²) >= 11 is 0. The first kappa shape index (κ1) is 14.5. The predicted octanol–water partition coefficient (Wildman–Crippen LogP) is 3.17. The van der Waals surface area contributed by atoms with Crippen molar-refractivity contribution in [2.45, 2.75) is 20.3 Å². The SMILES string of the molecule is COCCC(C)(C)CNc1cccc(F)c1C#N. The number of benzene rings is 1. The molecule has 1 aromatic carbocycles. The van der Waals surface area contributed by atoms with Gasteiger partial charge in [-0.2, -0.15) is 5.26 Å². The van der Waals surface area contributed by atoms with Gasteiger partial charge in [0.25, 0.3) is 0 Å². The van der Waals surface area contributed by atoms with Crippen molar-refractivity contribution in [3.63, 3.8) is 0 Å². The van der Waals surface area contributed by atoms with Crippen LogP contribution in [0.3, 0.4) is 0 Å². The van der Waals surface area contributed by atoms with Crippen LogP contribution in [0.5, 0.6) is 0 Å². The van der Waals surface area contributed by atoms with E-state index in [0.717, 1.165) is 6.42 Å². The lowest BCUT2D eigenvalue weighted by Crippen LogP contribution is -2.25. The minimum atomic E-state index is -0.489. The number of halogens is 1. The second kappa shape index (κ2) is 6.36. The van der Waals surface area contributed by atoms with Gasteiger partial charge in [-0.25, -0.2) is 4.39 Å². The Morgan fingerprint density at radius 1 is 1.44 bits per heavy atom. The van der Waals surface area contributed by atoms with E-state index in [0.29, 0.717) is 18.8 Å². The molecule has 0 fully saturated rings. The van der Waals surface area contributed by atoms with Crippen molar-refractivity contribution >= 4 is 5.69 Å². The van der Waals surface area contributed by atoms with Gasteiger partial charge >= 0.3 is 0 Å². The fraction of sp³-hybridized carbons (Fsp3) is 0.500. The summed E-state index contributed by atoms with van der Waals surface area (Å²) in [5.41, 5.74) is 0.637. The molecule has 0 spiro atoms. The summed E-state index contributed by atoms with van der Waals surface area (Å²) in [6.45, 7) is 5.55. The average molecular weight is 250 g/mol. The minimum Gasteiger partial charge on any atom is -0.385 e. The Hall–Kier alpha value is -1.60. The van der Waals surface area contributed by atoms with Gasteiger partial charge in [0.05, 0.1) is 5.69 Å². The standard InChI is InChI=1S/C14H19FN2O/c1-14(2,7-8-18-3)10-17-13-6-4-5-12(15)11(13)9-16/h4-6,17H,7-8,10H2,1-3H3. The summed E-state index contributed by atoms with van der Waals surface area (Å²) in [7, 11) is 1.67. The van der Waals surface area contributed by atoms with Crippen LogP contribution >= 0.6 is 0 Å². The summed E-state index contributed by atoms with van der Waals surface area (Å²) < 4.78 is 18.4. The van der Waals surface area contributed by atoms with E-state index in [1.807, 2.05) is 6.07 Å². The van der Waals surface area contributed by atoms with Crippen molar-refractivity contribution in [3.8, 4) is 6.07 Å². The van der Waals surface area contributed by atoms with Gasteiger partial charge in [-0.1, -0.05) is 19.9 Å². The van der Waals surface area contributed by atoms with Gasteiger partial charge in [-0.05, 0) is 24.0 Å². The molecule has 0 saturated heterocycles. The van der Waals surface area contributed by atoms with Gasteiger partial charge in [0.15, 0.2) is 0 Å². The van der Waals surface area contributed by atoms with E-state index < -0.39 is 5.82 Å². The fourth-order valence-corrected chi connectivity index (χ4v) is 1.59. The van der Waals surface area contributed by atoms with Crippen LogP contribution in [0.25, 0.3) is 0 Å². The van der Waals surface area contributed by atoms with Crippen LogP contribution in [0.1, 0.15) is 25.8 Å². The van der Waals surface area contributed by atoms with Crippen LogP contribution in [0.2, 0.25) is 0 Å². The van der Waals surface area contributed by atoms with E-state index in [1.54, 1.807) is 19.2 Å². The van der Waals surface area contributed by atoms with Gasteiger partial charge in [0, 0.05) is 20.3 Å². The summed E-state index contributed by atoms with van der Waals surface area (Å²) in [5, 5.41) is 12.1. The smallest absolute Gasteiger partial charge is 0.143 e. The molecule has 1 N–H and O–H groups in total. The van der Waals surface area contributed by atoms with Crippen LogP contribution in [-0.4, -0.2) is 20.3 Å². The Kier molecular flexibility index (Phi) is 5.11. The minimum absolute atomic E-state index is 0.0229. The Bertz CT molecular complexity index is 438. The number of ether oxygens (including phenoxy) is 1. The van der Waals surface area contributed by atoms with Crippen LogP contribution in [0.15, 0.2) is 18.2 Å². The van der Waals surface area contributed by atoms with Crippen molar-refractivity contribution in [1.29, 1.82) is 5.26 Å². The molecule has 0 saturated carbocycles. The Morgan fingerprint density at radius 2 is 2.17 bits per heavy atom. The molecular formula is C14H19FN2O. The molecule has 0 aliphatic heterocycles. The Morgan fingerprint density at radius 3 is 2.78 bits per heavy atom. The molecule has 0 heterocycles. The maximum Gasteiger partial charge on any atom is 0.143 e. The van der Waals surface area contributed by atoms with E-state index in [-0.39, 0.29) is 11.0 Å². The van der Waals surface area contributed by atoms with Crippen LogP contribution in [0.4, 0.5) is 10.1 Å². The molecule has 18 heavy (non-hydrogen) atoms. The highest BCUT2D eigenvalue weighted by molar-refractivity contribution is 5.57. The van der Waals surface area contributed by atoms with E-state index in [2.05, 4.69) is 19.2 Å². The van der Waals surface area contributed by atoms with Gasteiger partial charge in [0.1, 0.15) is 17.4 Å². The maximum atomic E-state index is 13.4. The van der Waals surface area contributed by atoms with Crippen LogP contribution < -0.4 is 5.32 Å². The van der Waals surface area contributed by atoms with Crippen molar-refractivity contribution in [2.75, 3.05) is 25.6 Å². The maximum absolute atomic E-state index is 13.4. The average Bonchev–Trinajstić information content (AvgIpc) is 2.34. The largest absolute Gasteiger partial charge is 0.385 e. The third-order valence-corrected chi connectivity index (χ3v) is 2.87. The van der Waals surface area contributed by atoms with Crippen molar-refractivity contribution in [1.82, 2.24) is 0 Å². The van der Waals surface area contributed by atoms with Gasteiger partial charge < -0.3 is 10.1 Å². The molecule has 0 unspecified atom stereocenters. The number of nitrogens with one attached hydrogen (secondary N) is 1. The summed E-state index contributed by atoms with van der Waals surface area (Å²) in [6, 6.07) is 6.49. The molecule has 0 atom stereocenters. The van der Waals surface area contributed by atoms with Gasteiger partial charge in [-0.15, -0.1) is 0 Å². The number of hydrogen-bond donors (Lipinski definition) is 1. The highest BCUT2D eigenvalue weighted by atomic mass is 19.1. The molecule has 98 valence electrons. The second-order valence-electron chi connectivity index (χ2n) is 5.03. The van der Waals surface area contributed by atoms with E-state index >= 15 is 0 Å². The highest BCUT2D eigenvalue weighted by Crippen LogP contribution is 2.23. The molecule has 0 aliphatic carbocycles. The lowest BCUT2D eigenvalue weighted by Gasteiger charge is -2.25. The number of methoxy groups -OCH3 is 1. The van der Waals surface area contributed by atoms with Crippen molar-refractivity contribution in [2.24, 2.45) is 5.41 Å². The molecule has 0 amide bonds. The lowest BCUT2D eigenvalue weighted by atomic mass is 9.89. The fourth-order valence-electron chi connectivity index (χ4n) is 1.59. The number of nitrogens with zero attached hydrogens (tertiary/aromatic N) is 1. The summed E-state index contributed by atoms with van der Waals surface area (Å²) in [4.78, 5) is 0. The first-order chi connectivity index (χ1) is 8.50. The Labute approximate surface area is 108 Å². The van der Waals surface area contributed by atoms with E-state index in [9.17, 15) is 4.39 Å². The topological polar surface area (TPSA) is 45.0 Å². The van der Waals surface area contributed by atoms with Crippen LogP contribution in [-0.2, 0) is 4.74 Å². The molecule has 3 nitrogen and oxygen atoms in total. The Balaban J connectivity index is 2.69.